The fraction of sp³-hybridized carbons (Fsp3) is 0. The molecule has 0 fully saturated rings. The average Bonchev–Trinajstić information content (AvgIpc) is 3.95. The molecule has 0 aliphatic carbocycles. The van der Waals surface area contributed by atoms with Crippen LogP contribution in [0.25, 0.3) is 111 Å². The number of para-hydroxylation sites is 3. The van der Waals surface area contributed by atoms with Gasteiger partial charge in [0.1, 0.15) is 5.58 Å². The summed E-state index contributed by atoms with van der Waals surface area (Å²) in [5.74, 6) is 0.687. The van der Waals surface area contributed by atoms with Crippen molar-refractivity contribution in [3.63, 3.8) is 0 Å². The van der Waals surface area contributed by atoms with Gasteiger partial charge in [0.2, 0.25) is 0 Å². The van der Waals surface area contributed by atoms with E-state index in [1.807, 2.05) is 30.3 Å². The highest BCUT2D eigenvalue weighted by Gasteiger charge is 2.24. The molecule has 0 spiro atoms. The van der Waals surface area contributed by atoms with Gasteiger partial charge in [0, 0.05) is 60.4 Å². The number of hydrogen-bond acceptors (Lipinski definition) is 3. The van der Waals surface area contributed by atoms with Gasteiger partial charge in [0.25, 0.3) is 0 Å². The van der Waals surface area contributed by atoms with E-state index >= 15 is 0 Å². The Kier molecular flexibility index (Phi) is 6.86. The average molecular weight is 729 g/mol. The molecule has 5 heteroatoms. The van der Waals surface area contributed by atoms with Gasteiger partial charge in [0.15, 0.2) is 11.4 Å². The highest BCUT2D eigenvalue weighted by molar-refractivity contribution is 6.27. The quantitative estimate of drug-likeness (QED) is 0.177. The number of furan rings is 1. The summed E-state index contributed by atoms with van der Waals surface area (Å²) in [5.41, 5.74) is 13.0. The standard InChI is InChI=1S/C52H32N4O/c1-4-15-33(16-5-1)44-32-45(54-52(53-44)34-17-6-2-7-18-34)35-19-14-22-37(31-35)56-49-41(42-29-30-43-39-24-11-13-26-47(39)57-51(43)50(42)56)28-27-40-38-23-10-12-25-46(38)55(48(40)49)36-20-8-3-9-21-36/h1-32H. The highest BCUT2D eigenvalue weighted by atomic mass is 16.3. The Morgan fingerprint density at radius 2 is 0.895 bits per heavy atom. The van der Waals surface area contributed by atoms with Crippen LogP contribution in [-0.4, -0.2) is 19.1 Å². The lowest BCUT2D eigenvalue weighted by atomic mass is 10.1. The predicted molar refractivity (Wildman–Crippen MR) is 234 cm³/mol. The normalized spacial score (nSPS) is 11.9. The van der Waals surface area contributed by atoms with Crippen LogP contribution in [0.5, 0.6) is 0 Å². The summed E-state index contributed by atoms with van der Waals surface area (Å²) in [5, 5.41) is 6.89. The minimum Gasteiger partial charge on any atom is -0.454 e. The first-order valence-electron chi connectivity index (χ1n) is 19.3. The number of hydrogen-bond donors (Lipinski definition) is 0. The molecular formula is C52H32N4O. The molecule has 0 aliphatic heterocycles. The van der Waals surface area contributed by atoms with Crippen LogP contribution in [0.2, 0.25) is 0 Å². The Morgan fingerprint density at radius 1 is 0.351 bits per heavy atom. The number of rotatable bonds is 5. The minimum atomic E-state index is 0.687. The maximum absolute atomic E-state index is 6.84. The van der Waals surface area contributed by atoms with Crippen LogP contribution in [0, 0.1) is 0 Å². The van der Waals surface area contributed by atoms with Crippen LogP contribution in [0.3, 0.4) is 0 Å². The van der Waals surface area contributed by atoms with E-state index in [2.05, 4.69) is 173 Å². The van der Waals surface area contributed by atoms with Crippen LogP contribution in [-0.2, 0) is 0 Å². The monoisotopic (exact) mass is 728 g/mol. The lowest BCUT2D eigenvalue weighted by Crippen LogP contribution is -2.00. The van der Waals surface area contributed by atoms with E-state index in [1.165, 1.54) is 10.8 Å². The van der Waals surface area contributed by atoms with Gasteiger partial charge >= 0.3 is 0 Å². The molecule has 266 valence electrons. The van der Waals surface area contributed by atoms with Crippen molar-refractivity contribution in [3.8, 4) is 45.3 Å². The molecular weight excluding hydrogens is 697 g/mol. The maximum Gasteiger partial charge on any atom is 0.160 e. The molecule has 4 aromatic heterocycles. The second kappa shape index (κ2) is 12.4. The Hall–Kier alpha value is -7.76. The lowest BCUT2D eigenvalue weighted by molar-refractivity contribution is 0.671. The summed E-state index contributed by atoms with van der Waals surface area (Å²) in [7, 11) is 0. The second-order valence-corrected chi connectivity index (χ2v) is 14.6. The van der Waals surface area contributed by atoms with E-state index in [4.69, 9.17) is 14.4 Å². The van der Waals surface area contributed by atoms with Crippen LogP contribution in [0.4, 0.5) is 0 Å². The zero-order valence-corrected chi connectivity index (χ0v) is 30.7. The summed E-state index contributed by atoms with van der Waals surface area (Å²) >= 11 is 0. The molecule has 8 aromatic carbocycles. The topological polar surface area (TPSA) is 48.8 Å². The molecule has 0 unspecified atom stereocenters. The van der Waals surface area contributed by atoms with Crippen molar-refractivity contribution in [2.75, 3.05) is 0 Å². The summed E-state index contributed by atoms with van der Waals surface area (Å²) in [4.78, 5) is 10.3. The number of nitrogens with zero attached hydrogens (tertiary/aromatic N) is 4. The molecule has 12 rings (SSSR count). The Morgan fingerprint density at radius 3 is 1.67 bits per heavy atom. The zero-order valence-electron chi connectivity index (χ0n) is 30.7. The first-order valence-corrected chi connectivity index (χ1v) is 19.3. The third-order valence-corrected chi connectivity index (χ3v) is 11.3. The molecule has 0 aliphatic rings. The van der Waals surface area contributed by atoms with E-state index in [9.17, 15) is 0 Å². The molecule has 0 atom stereocenters. The van der Waals surface area contributed by atoms with Gasteiger partial charge in [-0.3, -0.25) is 0 Å². The van der Waals surface area contributed by atoms with E-state index in [-0.39, 0.29) is 0 Å². The summed E-state index contributed by atoms with van der Waals surface area (Å²) < 4.78 is 11.7. The van der Waals surface area contributed by atoms with Gasteiger partial charge < -0.3 is 13.6 Å². The molecule has 12 aromatic rings. The van der Waals surface area contributed by atoms with Crippen LogP contribution >= 0.6 is 0 Å². The molecule has 0 radical (unpaired) electrons. The number of aromatic nitrogens is 4. The Balaban J connectivity index is 1.21. The molecule has 0 bridgehead atoms. The van der Waals surface area contributed by atoms with E-state index in [0.717, 1.165) is 94.2 Å². The van der Waals surface area contributed by atoms with Crippen molar-refractivity contribution in [1.29, 1.82) is 0 Å². The molecule has 0 N–H and O–H groups in total. The second-order valence-electron chi connectivity index (χ2n) is 14.6. The van der Waals surface area contributed by atoms with Crippen LogP contribution < -0.4 is 0 Å². The third kappa shape index (κ3) is 4.82. The van der Waals surface area contributed by atoms with Gasteiger partial charge in [0.05, 0.1) is 33.5 Å². The molecule has 0 saturated heterocycles. The fourth-order valence-corrected chi connectivity index (χ4v) is 8.79. The van der Waals surface area contributed by atoms with Crippen LogP contribution in [0.15, 0.2) is 199 Å². The summed E-state index contributed by atoms with van der Waals surface area (Å²) in [6, 6.07) is 68.2. The van der Waals surface area contributed by atoms with Crippen molar-refractivity contribution < 1.29 is 4.42 Å². The summed E-state index contributed by atoms with van der Waals surface area (Å²) in [6.07, 6.45) is 0. The van der Waals surface area contributed by atoms with Crippen molar-refractivity contribution in [2.45, 2.75) is 0 Å². The zero-order chi connectivity index (χ0) is 37.5. The smallest absolute Gasteiger partial charge is 0.160 e. The third-order valence-electron chi connectivity index (χ3n) is 11.3. The van der Waals surface area contributed by atoms with E-state index < -0.39 is 0 Å². The van der Waals surface area contributed by atoms with Crippen molar-refractivity contribution >= 4 is 65.6 Å². The summed E-state index contributed by atoms with van der Waals surface area (Å²) in [6.45, 7) is 0. The largest absolute Gasteiger partial charge is 0.454 e. The van der Waals surface area contributed by atoms with Crippen molar-refractivity contribution in [2.24, 2.45) is 0 Å². The van der Waals surface area contributed by atoms with E-state index in [0.29, 0.717) is 5.82 Å². The fourth-order valence-electron chi connectivity index (χ4n) is 8.79. The van der Waals surface area contributed by atoms with Crippen molar-refractivity contribution in [3.05, 3.63) is 194 Å². The van der Waals surface area contributed by atoms with Gasteiger partial charge in [-0.1, -0.05) is 146 Å². The number of fused-ring (bicyclic) bond motifs is 11. The van der Waals surface area contributed by atoms with Gasteiger partial charge in [-0.05, 0) is 48.5 Å². The Labute approximate surface area is 327 Å². The van der Waals surface area contributed by atoms with Gasteiger partial charge in [-0.2, -0.15) is 0 Å². The molecule has 0 amide bonds. The van der Waals surface area contributed by atoms with Gasteiger partial charge in [-0.25, -0.2) is 9.97 Å². The first-order chi connectivity index (χ1) is 28.3. The van der Waals surface area contributed by atoms with Crippen molar-refractivity contribution in [1.82, 2.24) is 19.1 Å². The number of benzene rings is 8. The lowest BCUT2D eigenvalue weighted by Gasteiger charge is -2.14. The van der Waals surface area contributed by atoms with E-state index in [1.54, 1.807) is 0 Å². The Bertz CT molecular complexity index is 3450. The van der Waals surface area contributed by atoms with Gasteiger partial charge in [-0.15, -0.1) is 0 Å². The highest BCUT2D eigenvalue weighted by Crippen LogP contribution is 2.45. The molecule has 5 nitrogen and oxygen atoms in total. The predicted octanol–water partition coefficient (Wildman–Crippen LogP) is 13.6. The first kappa shape index (κ1) is 31.6. The molecule has 0 saturated carbocycles. The molecule has 4 heterocycles. The SMILES string of the molecule is c1ccc(-c2cc(-c3cccc(-n4c5c(ccc6c7ccccc7oc65)c5ccc6c7ccccc7n(-c7ccccc7)c6c54)c3)nc(-c3ccccc3)n2)cc1. The maximum atomic E-state index is 6.84. The van der Waals surface area contributed by atoms with Crippen LogP contribution in [0.1, 0.15) is 0 Å². The molecule has 57 heavy (non-hydrogen) atoms. The minimum absolute atomic E-state index is 0.687.